The number of nitrogens with one attached hydrogen (secondary N) is 2. The highest BCUT2D eigenvalue weighted by Gasteiger charge is 2.16. The normalized spacial score (nSPS) is 11.0. The largest absolute Gasteiger partial charge is 0.493 e. The molecule has 3 rings (SSSR count). The number of hydrogen-bond donors (Lipinski definition) is 2. The first kappa shape index (κ1) is 23.6. The summed E-state index contributed by atoms with van der Waals surface area (Å²) in [4.78, 5) is 21.6. The van der Waals surface area contributed by atoms with E-state index in [-0.39, 0.29) is 11.9 Å². The Hall–Kier alpha value is -4.07. The molecule has 0 saturated heterocycles. The van der Waals surface area contributed by atoms with Crippen LogP contribution in [0.4, 0.5) is 5.69 Å². The Morgan fingerprint density at radius 3 is 2.06 bits per heavy atom. The van der Waals surface area contributed by atoms with Crippen molar-refractivity contribution in [1.82, 2.24) is 10.3 Å². The maximum absolute atomic E-state index is 13.0. The second-order valence-corrected chi connectivity index (χ2v) is 7.39. The molecule has 1 heterocycles. The van der Waals surface area contributed by atoms with Crippen molar-refractivity contribution in [3.05, 3.63) is 77.1 Å². The van der Waals surface area contributed by atoms with Crippen LogP contribution in [0.2, 0.25) is 0 Å². The first-order chi connectivity index (χ1) is 15.9. The van der Waals surface area contributed by atoms with Crippen LogP contribution >= 0.6 is 0 Å². The van der Waals surface area contributed by atoms with Gasteiger partial charge in [-0.05, 0) is 43.7 Å². The number of pyridine rings is 1. The van der Waals surface area contributed by atoms with E-state index < -0.39 is 0 Å². The highest BCUT2D eigenvalue weighted by molar-refractivity contribution is 6.10. The van der Waals surface area contributed by atoms with Crippen LogP contribution in [0.5, 0.6) is 17.2 Å². The zero-order valence-electron chi connectivity index (χ0n) is 19.4. The molecule has 8 nitrogen and oxygen atoms in total. The number of amides is 1. The Balaban J connectivity index is 1.92. The van der Waals surface area contributed by atoms with Crippen LogP contribution in [0, 0.1) is 13.8 Å². The van der Waals surface area contributed by atoms with Crippen LogP contribution < -0.4 is 24.8 Å². The van der Waals surface area contributed by atoms with Crippen LogP contribution in [-0.4, -0.2) is 38.2 Å². The molecular weight excluding hydrogens is 420 g/mol. The average molecular weight is 449 g/mol. The van der Waals surface area contributed by atoms with Gasteiger partial charge in [-0.15, -0.1) is 0 Å². The molecule has 0 saturated carbocycles. The number of carbonyl (C=O) groups excluding carboxylic acids is 1. The Kier molecular flexibility index (Phi) is 7.86. The number of benzene rings is 2. The number of guanidine groups is 1. The fourth-order valence-electron chi connectivity index (χ4n) is 3.34. The number of aryl methyl sites for hydroxylation is 2. The summed E-state index contributed by atoms with van der Waals surface area (Å²) in [6.07, 6.45) is 3.40. The van der Waals surface area contributed by atoms with E-state index in [1.54, 1.807) is 45.9 Å². The van der Waals surface area contributed by atoms with Crippen LogP contribution in [0.1, 0.15) is 27.0 Å². The van der Waals surface area contributed by atoms with E-state index in [4.69, 9.17) is 14.2 Å². The third-order valence-corrected chi connectivity index (χ3v) is 4.81. The molecule has 33 heavy (non-hydrogen) atoms. The van der Waals surface area contributed by atoms with Crippen molar-refractivity contribution in [2.45, 2.75) is 20.4 Å². The minimum atomic E-state index is -0.268. The molecule has 0 atom stereocenters. The Morgan fingerprint density at radius 2 is 1.52 bits per heavy atom. The van der Waals surface area contributed by atoms with Gasteiger partial charge in [0.1, 0.15) is 0 Å². The van der Waals surface area contributed by atoms with Crippen molar-refractivity contribution in [2.24, 2.45) is 4.99 Å². The molecule has 2 N–H and O–H groups in total. The van der Waals surface area contributed by atoms with Crippen LogP contribution in [-0.2, 0) is 6.54 Å². The molecule has 0 fully saturated rings. The molecular formula is C25H28N4O4. The number of hydrogen-bond acceptors (Lipinski definition) is 6. The predicted molar refractivity (Wildman–Crippen MR) is 128 cm³/mol. The van der Waals surface area contributed by atoms with Crippen LogP contribution in [0.25, 0.3) is 0 Å². The van der Waals surface area contributed by atoms with Gasteiger partial charge in [-0.25, -0.2) is 4.99 Å². The van der Waals surface area contributed by atoms with Crippen molar-refractivity contribution in [3.63, 3.8) is 0 Å². The lowest BCUT2D eigenvalue weighted by Crippen LogP contribution is -2.36. The van der Waals surface area contributed by atoms with Gasteiger partial charge < -0.3 is 19.5 Å². The molecule has 0 spiro atoms. The summed E-state index contributed by atoms with van der Waals surface area (Å²) >= 11 is 0. The van der Waals surface area contributed by atoms with Gasteiger partial charge >= 0.3 is 0 Å². The number of aliphatic imine (C=N–C) groups is 1. The minimum absolute atomic E-state index is 0.268. The topological polar surface area (TPSA) is 94.1 Å². The van der Waals surface area contributed by atoms with Crippen molar-refractivity contribution in [2.75, 3.05) is 26.6 Å². The molecule has 3 aromatic rings. The molecule has 1 amide bonds. The highest BCUT2D eigenvalue weighted by atomic mass is 16.5. The summed E-state index contributed by atoms with van der Waals surface area (Å²) < 4.78 is 16.2. The maximum atomic E-state index is 13.0. The Labute approximate surface area is 193 Å². The number of ether oxygens (including phenoxy) is 3. The lowest BCUT2D eigenvalue weighted by atomic mass is 10.1. The zero-order chi connectivity index (χ0) is 23.8. The number of anilines is 1. The summed E-state index contributed by atoms with van der Waals surface area (Å²) in [5, 5.41) is 6.05. The monoisotopic (exact) mass is 448 g/mol. The number of carbonyl (C=O) groups is 1. The standard InChI is InChI=1S/C25H28N4O4/c1-16-10-17(2)12-19(11-16)24(30)29-25(27-15-18-6-8-26-9-7-18)28-20-13-21(31-3)23(33-5)22(14-20)32-4/h6-14H,15H2,1-5H3,(H2,27,28,29,30). The Bertz CT molecular complexity index is 1100. The fourth-order valence-corrected chi connectivity index (χ4v) is 3.34. The van der Waals surface area contributed by atoms with Crippen molar-refractivity contribution < 1.29 is 19.0 Å². The van der Waals surface area contributed by atoms with Gasteiger partial charge in [0.05, 0.1) is 27.9 Å². The van der Waals surface area contributed by atoms with E-state index in [2.05, 4.69) is 20.6 Å². The molecule has 2 aromatic carbocycles. The summed E-state index contributed by atoms with van der Waals surface area (Å²) in [5.74, 6) is 1.45. The number of aromatic nitrogens is 1. The van der Waals surface area contributed by atoms with Crippen molar-refractivity contribution >= 4 is 17.6 Å². The smallest absolute Gasteiger partial charge is 0.257 e. The first-order valence-corrected chi connectivity index (χ1v) is 10.3. The van der Waals surface area contributed by atoms with E-state index in [0.717, 1.165) is 16.7 Å². The van der Waals surface area contributed by atoms with Crippen molar-refractivity contribution in [3.8, 4) is 17.2 Å². The quantitative estimate of drug-likeness (QED) is 0.417. The van der Waals surface area contributed by atoms with Crippen LogP contribution in [0.15, 0.2) is 59.9 Å². The first-order valence-electron chi connectivity index (χ1n) is 10.3. The number of methoxy groups -OCH3 is 3. The lowest BCUT2D eigenvalue weighted by Gasteiger charge is -2.16. The van der Waals surface area contributed by atoms with Gasteiger partial charge in [0, 0.05) is 35.8 Å². The second kappa shape index (κ2) is 11.0. The molecule has 0 aliphatic heterocycles. The highest BCUT2D eigenvalue weighted by Crippen LogP contribution is 2.39. The summed E-state index contributed by atoms with van der Waals surface area (Å²) in [7, 11) is 4.63. The predicted octanol–water partition coefficient (Wildman–Crippen LogP) is 4.12. The lowest BCUT2D eigenvalue weighted by molar-refractivity contribution is 0.0976. The third-order valence-electron chi connectivity index (χ3n) is 4.81. The molecule has 0 aliphatic rings. The van der Waals surface area contributed by atoms with E-state index in [9.17, 15) is 4.79 Å². The van der Waals surface area contributed by atoms with E-state index >= 15 is 0 Å². The molecule has 172 valence electrons. The summed E-state index contributed by atoms with van der Waals surface area (Å²) in [6, 6.07) is 12.9. The second-order valence-electron chi connectivity index (χ2n) is 7.39. The van der Waals surface area contributed by atoms with E-state index in [0.29, 0.717) is 35.0 Å². The SMILES string of the molecule is COc1cc(NC(=NCc2ccncc2)NC(=O)c2cc(C)cc(C)c2)cc(OC)c1OC. The van der Waals surface area contributed by atoms with Gasteiger partial charge in [0.2, 0.25) is 11.7 Å². The molecule has 8 heteroatoms. The molecule has 1 aromatic heterocycles. The zero-order valence-corrected chi connectivity index (χ0v) is 19.4. The molecule has 0 radical (unpaired) electrons. The molecule has 0 bridgehead atoms. The van der Waals surface area contributed by atoms with E-state index in [1.807, 2.05) is 44.2 Å². The minimum Gasteiger partial charge on any atom is -0.493 e. The molecule has 0 aliphatic carbocycles. The fraction of sp³-hybridized carbons (Fsp3) is 0.240. The van der Waals surface area contributed by atoms with Gasteiger partial charge in [-0.3, -0.25) is 15.1 Å². The number of rotatable bonds is 7. The van der Waals surface area contributed by atoms with Crippen LogP contribution in [0.3, 0.4) is 0 Å². The third kappa shape index (κ3) is 6.22. The Morgan fingerprint density at radius 1 is 0.909 bits per heavy atom. The molecule has 0 unspecified atom stereocenters. The van der Waals surface area contributed by atoms with Gasteiger partial charge in [-0.2, -0.15) is 0 Å². The summed E-state index contributed by atoms with van der Waals surface area (Å²) in [5.41, 5.74) is 4.13. The van der Waals surface area contributed by atoms with Crippen molar-refractivity contribution in [1.29, 1.82) is 0 Å². The van der Waals surface area contributed by atoms with Gasteiger partial charge in [0.15, 0.2) is 11.5 Å². The maximum Gasteiger partial charge on any atom is 0.257 e. The average Bonchev–Trinajstić information content (AvgIpc) is 2.81. The van der Waals surface area contributed by atoms with Gasteiger partial charge in [-0.1, -0.05) is 17.2 Å². The van der Waals surface area contributed by atoms with Gasteiger partial charge in [0.25, 0.3) is 5.91 Å². The summed E-state index contributed by atoms with van der Waals surface area (Å²) in [6.45, 7) is 4.26. The number of nitrogens with zero attached hydrogens (tertiary/aromatic N) is 2. The van der Waals surface area contributed by atoms with E-state index in [1.165, 1.54) is 0 Å².